The summed E-state index contributed by atoms with van der Waals surface area (Å²) in [4.78, 5) is 23.7. The first-order valence-corrected chi connectivity index (χ1v) is 13.3. The number of fused-ring (bicyclic) bond motifs is 6. The highest BCUT2D eigenvalue weighted by Crippen LogP contribution is 2.64. The van der Waals surface area contributed by atoms with Crippen molar-refractivity contribution in [1.29, 1.82) is 0 Å². The topological polar surface area (TPSA) is 71.1 Å². The van der Waals surface area contributed by atoms with Crippen molar-refractivity contribution in [3.05, 3.63) is 60.2 Å². The van der Waals surface area contributed by atoms with Crippen LogP contribution in [-0.2, 0) is 24.5 Å². The zero-order chi connectivity index (χ0) is 26.7. The van der Waals surface area contributed by atoms with E-state index in [1.54, 1.807) is 0 Å². The molecule has 0 spiro atoms. The number of benzene rings is 2. The predicted molar refractivity (Wildman–Crippen MR) is 144 cm³/mol. The first-order valence-electron chi connectivity index (χ1n) is 13.3. The highest BCUT2D eigenvalue weighted by atomic mass is 16.6. The Morgan fingerprint density at radius 1 is 1.03 bits per heavy atom. The van der Waals surface area contributed by atoms with E-state index in [1.165, 1.54) is 23.3 Å². The maximum Gasteiger partial charge on any atom is 0.330 e. The predicted octanol–water partition coefficient (Wildman–Crippen LogP) is 6.46. The minimum absolute atomic E-state index is 0.00958. The van der Waals surface area contributed by atoms with Gasteiger partial charge in [0, 0.05) is 34.1 Å². The van der Waals surface area contributed by atoms with Crippen molar-refractivity contribution in [2.45, 2.75) is 83.3 Å². The van der Waals surface area contributed by atoms with Crippen LogP contribution in [0.2, 0.25) is 0 Å². The summed E-state index contributed by atoms with van der Waals surface area (Å²) in [6.07, 6.45) is 6.16. The van der Waals surface area contributed by atoms with E-state index in [9.17, 15) is 9.59 Å². The van der Waals surface area contributed by atoms with Gasteiger partial charge in [0.05, 0.1) is 0 Å². The Morgan fingerprint density at radius 3 is 2.19 bits per heavy atom. The molecule has 6 nitrogen and oxygen atoms in total. The van der Waals surface area contributed by atoms with Crippen molar-refractivity contribution >= 4 is 22.7 Å². The molecule has 2 aromatic carbocycles. The van der Waals surface area contributed by atoms with Gasteiger partial charge < -0.3 is 18.9 Å². The van der Waals surface area contributed by atoms with E-state index >= 15 is 0 Å². The molecule has 4 rings (SSSR count). The maximum absolute atomic E-state index is 11.8. The molecular weight excluding hydrogens is 468 g/mol. The summed E-state index contributed by atoms with van der Waals surface area (Å²) in [6.45, 7) is 15.9. The summed E-state index contributed by atoms with van der Waals surface area (Å²) in [6, 6.07) is 6.19. The van der Waals surface area contributed by atoms with E-state index in [4.69, 9.17) is 18.9 Å². The van der Waals surface area contributed by atoms with Gasteiger partial charge in [0.2, 0.25) is 0 Å². The fourth-order valence-electron chi connectivity index (χ4n) is 5.91. The van der Waals surface area contributed by atoms with E-state index < -0.39 is 11.9 Å². The van der Waals surface area contributed by atoms with Crippen LogP contribution < -0.4 is 9.47 Å². The van der Waals surface area contributed by atoms with Crippen LogP contribution in [0, 0.1) is 6.92 Å². The fourth-order valence-corrected chi connectivity index (χ4v) is 5.91. The van der Waals surface area contributed by atoms with Crippen LogP contribution in [0.15, 0.2) is 43.5 Å². The zero-order valence-corrected chi connectivity index (χ0v) is 22.4. The van der Waals surface area contributed by atoms with Crippen molar-refractivity contribution in [2.75, 3.05) is 13.2 Å². The Bertz CT molecular complexity index is 1210. The lowest BCUT2D eigenvalue weighted by molar-refractivity contribution is -0.145. The number of hydrogen-bond donors (Lipinski definition) is 0. The van der Waals surface area contributed by atoms with Crippen molar-refractivity contribution in [3.63, 3.8) is 0 Å². The number of carbonyl (C=O) groups excluding carboxylic acids is 2. The van der Waals surface area contributed by atoms with Crippen LogP contribution in [0.5, 0.6) is 11.5 Å². The second-order valence-electron chi connectivity index (χ2n) is 10.4. The Balaban J connectivity index is 1.79. The molecule has 6 heteroatoms. The molecule has 198 valence electrons. The van der Waals surface area contributed by atoms with Gasteiger partial charge >= 0.3 is 11.9 Å². The molecule has 4 unspecified atom stereocenters. The molecule has 0 radical (unpaired) electrons. The highest BCUT2D eigenvalue weighted by Gasteiger charge is 2.50. The van der Waals surface area contributed by atoms with Gasteiger partial charge in [0.1, 0.15) is 36.9 Å². The normalized spacial score (nSPS) is 21.1. The Morgan fingerprint density at radius 2 is 1.62 bits per heavy atom. The highest BCUT2D eigenvalue weighted by molar-refractivity contribution is 5.99. The lowest BCUT2D eigenvalue weighted by Crippen LogP contribution is -2.26. The molecule has 2 aliphatic rings. The molecule has 2 bridgehead atoms. The molecule has 0 saturated heterocycles. The summed E-state index contributed by atoms with van der Waals surface area (Å²) >= 11 is 0. The van der Waals surface area contributed by atoms with Gasteiger partial charge in [-0.2, -0.15) is 0 Å². The van der Waals surface area contributed by atoms with E-state index in [0.29, 0.717) is 18.8 Å². The minimum Gasteiger partial charge on any atom is -0.489 e. The van der Waals surface area contributed by atoms with Crippen LogP contribution in [0.4, 0.5) is 0 Å². The second kappa shape index (κ2) is 11.0. The van der Waals surface area contributed by atoms with Gasteiger partial charge in [0.25, 0.3) is 0 Å². The summed E-state index contributed by atoms with van der Waals surface area (Å²) in [5, 5.41) is 2.01. The zero-order valence-electron chi connectivity index (χ0n) is 22.4. The Labute approximate surface area is 219 Å². The van der Waals surface area contributed by atoms with Gasteiger partial charge in [0.15, 0.2) is 0 Å². The summed E-state index contributed by atoms with van der Waals surface area (Å²) in [5.74, 6) is 1.24. The molecule has 2 aliphatic carbocycles. The number of hydrogen-bond acceptors (Lipinski definition) is 6. The first-order chi connectivity index (χ1) is 17.8. The lowest BCUT2D eigenvalue weighted by atomic mass is 9.78. The van der Waals surface area contributed by atoms with Crippen molar-refractivity contribution in [1.82, 2.24) is 0 Å². The van der Waals surface area contributed by atoms with E-state index in [-0.39, 0.29) is 30.8 Å². The Kier molecular flexibility index (Phi) is 7.96. The molecule has 0 N–H and O–H groups in total. The molecule has 1 fully saturated rings. The summed E-state index contributed by atoms with van der Waals surface area (Å²) in [7, 11) is 0. The van der Waals surface area contributed by atoms with Gasteiger partial charge in [-0.1, -0.05) is 52.1 Å². The third kappa shape index (κ3) is 5.11. The van der Waals surface area contributed by atoms with Crippen LogP contribution in [0.3, 0.4) is 0 Å². The largest absolute Gasteiger partial charge is 0.489 e. The van der Waals surface area contributed by atoms with Crippen molar-refractivity contribution in [3.8, 4) is 11.5 Å². The summed E-state index contributed by atoms with van der Waals surface area (Å²) in [5.41, 5.74) is 3.50. The molecule has 0 heterocycles. The molecule has 0 aromatic heterocycles. The average molecular weight is 507 g/mol. The van der Waals surface area contributed by atoms with Gasteiger partial charge in [-0.15, -0.1) is 0 Å². The SMILES string of the molecule is C=CC(=O)OC(CC)COc1c2c(c(OCC(CC)OC(=O)C=C)c3c(C)cccc13)C1CCC2(C)C1. The number of rotatable bonds is 12. The van der Waals surface area contributed by atoms with E-state index in [0.717, 1.165) is 47.1 Å². The van der Waals surface area contributed by atoms with Crippen LogP contribution >= 0.6 is 0 Å². The number of ether oxygens (including phenoxy) is 4. The van der Waals surface area contributed by atoms with E-state index in [2.05, 4.69) is 39.1 Å². The quantitative estimate of drug-likeness (QED) is 0.243. The smallest absolute Gasteiger partial charge is 0.330 e. The third-order valence-electron chi connectivity index (χ3n) is 7.88. The van der Waals surface area contributed by atoms with Crippen molar-refractivity contribution < 1.29 is 28.5 Å². The van der Waals surface area contributed by atoms with Gasteiger partial charge in [-0.25, -0.2) is 9.59 Å². The first kappa shape index (κ1) is 26.8. The minimum atomic E-state index is -0.446. The molecule has 37 heavy (non-hydrogen) atoms. The third-order valence-corrected chi connectivity index (χ3v) is 7.88. The Hall–Kier alpha value is -3.28. The van der Waals surface area contributed by atoms with Crippen molar-refractivity contribution in [2.24, 2.45) is 0 Å². The molecule has 0 amide bonds. The number of aryl methyl sites for hydroxylation is 1. The fraction of sp³-hybridized carbons (Fsp3) is 0.484. The molecular formula is C31H38O6. The lowest BCUT2D eigenvalue weighted by Gasteiger charge is -2.31. The van der Waals surface area contributed by atoms with Gasteiger partial charge in [-0.3, -0.25) is 0 Å². The number of carbonyl (C=O) groups is 2. The molecule has 4 atom stereocenters. The van der Waals surface area contributed by atoms with Gasteiger partial charge in [-0.05, 0) is 55.9 Å². The van der Waals surface area contributed by atoms with Crippen LogP contribution in [-0.4, -0.2) is 37.4 Å². The number of esters is 2. The van der Waals surface area contributed by atoms with Crippen LogP contribution in [0.1, 0.15) is 75.5 Å². The van der Waals surface area contributed by atoms with Crippen LogP contribution in [0.25, 0.3) is 10.8 Å². The molecule has 2 aromatic rings. The molecule has 1 saturated carbocycles. The van der Waals surface area contributed by atoms with E-state index in [1.807, 2.05) is 19.9 Å². The maximum atomic E-state index is 11.8. The summed E-state index contributed by atoms with van der Waals surface area (Å²) < 4.78 is 24.1. The second-order valence-corrected chi connectivity index (χ2v) is 10.4. The monoisotopic (exact) mass is 506 g/mol. The average Bonchev–Trinajstić information content (AvgIpc) is 3.43. The standard InChI is InChI=1S/C31H38O6/c1-7-21(36-24(32)9-3)17-34-29-23-13-11-12-19(5)26(23)30(35-18-22(8-2)37-25(33)10-4)27-20-14-15-31(6,16-20)28(27)29/h9-13,20-22H,3-4,7-8,14-18H2,1-2,5-6H3. The molecule has 0 aliphatic heterocycles.